The molecule has 26 heavy (non-hydrogen) atoms. The molecule has 0 unspecified atom stereocenters. The number of carbonyl (C=O) groups is 2. The first kappa shape index (κ1) is 20.1. The Kier molecular flexibility index (Phi) is 6.88. The van der Waals surface area contributed by atoms with Crippen molar-refractivity contribution in [1.29, 1.82) is 0 Å². The van der Waals surface area contributed by atoms with E-state index in [1.54, 1.807) is 17.5 Å². The van der Waals surface area contributed by atoms with Gasteiger partial charge in [-0.1, -0.05) is 32.0 Å². The molecule has 2 N–H and O–H groups in total. The van der Waals surface area contributed by atoms with Crippen LogP contribution in [0.5, 0.6) is 0 Å². The number of hydrogen-bond acceptors (Lipinski definition) is 5. The first-order chi connectivity index (χ1) is 12.2. The Balaban J connectivity index is 1.84. The molecule has 1 aromatic heterocycles. The molecule has 7 heteroatoms. The molecule has 0 spiro atoms. The zero-order valence-corrected chi connectivity index (χ0v) is 16.5. The average Bonchev–Trinajstić information content (AvgIpc) is 2.99. The quantitative estimate of drug-likeness (QED) is 0.745. The van der Waals surface area contributed by atoms with Crippen LogP contribution < -0.4 is 10.6 Å². The van der Waals surface area contributed by atoms with Crippen LogP contribution in [-0.4, -0.2) is 48.9 Å². The van der Waals surface area contributed by atoms with E-state index in [0.29, 0.717) is 22.9 Å². The molecular weight excluding hydrogens is 348 g/mol. The van der Waals surface area contributed by atoms with Gasteiger partial charge in [-0.2, -0.15) is 0 Å². The van der Waals surface area contributed by atoms with Gasteiger partial charge in [0.1, 0.15) is 0 Å². The Hall–Kier alpha value is -2.25. The Morgan fingerprint density at radius 3 is 2.54 bits per heavy atom. The van der Waals surface area contributed by atoms with Crippen molar-refractivity contribution in [3.8, 4) is 0 Å². The van der Waals surface area contributed by atoms with Gasteiger partial charge in [0.2, 0.25) is 5.91 Å². The van der Waals surface area contributed by atoms with Crippen LogP contribution in [-0.2, 0) is 11.2 Å². The van der Waals surface area contributed by atoms with E-state index in [4.69, 9.17) is 0 Å². The predicted octanol–water partition coefficient (Wildman–Crippen LogP) is 2.64. The Morgan fingerprint density at radius 1 is 1.19 bits per heavy atom. The Labute approximate surface area is 158 Å². The maximum atomic E-state index is 12.2. The number of rotatable bonds is 8. The molecule has 0 bridgehead atoms. The minimum absolute atomic E-state index is 0.00392. The van der Waals surface area contributed by atoms with Crippen molar-refractivity contribution in [2.45, 2.75) is 20.3 Å². The summed E-state index contributed by atoms with van der Waals surface area (Å²) >= 11 is 1.32. The number of anilines is 1. The number of nitrogens with zero attached hydrogens (tertiary/aromatic N) is 2. The van der Waals surface area contributed by atoms with E-state index < -0.39 is 0 Å². The van der Waals surface area contributed by atoms with Gasteiger partial charge in [0.05, 0.1) is 12.1 Å². The third kappa shape index (κ3) is 6.57. The van der Waals surface area contributed by atoms with Gasteiger partial charge in [-0.05, 0) is 31.6 Å². The third-order valence-corrected chi connectivity index (χ3v) is 4.46. The number of hydrogen-bond donors (Lipinski definition) is 2. The zero-order valence-electron chi connectivity index (χ0n) is 15.7. The summed E-state index contributed by atoms with van der Waals surface area (Å²) in [5.41, 5.74) is 1.22. The molecule has 0 aliphatic carbocycles. The largest absolute Gasteiger partial charge is 0.355 e. The topological polar surface area (TPSA) is 74.3 Å². The van der Waals surface area contributed by atoms with Crippen molar-refractivity contribution in [2.24, 2.45) is 5.41 Å². The highest BCUT2D eigenvalue weighted by molar-refractivity contribution is 7.14. The number of nitrogens with one attached hydrogen (secondary N) is 2. The summed E-state index contributed by atoms with van der Waals surface area (Å²) in [7, 11) is 4.04. The summed E-state index contributed by atoms with van der Waals surface area (Å²) in [5, 5.41) is 8.02. The molecule has 2 rings (SSSR count). The smallest absolute Gasteiger partial charge is 0.257 e. The summed E-state index contributed by atoms with van der Waals surface area (Å²) in [6, 6.07) is 8.96. The highest BCUT2D eigenvalue weighted by Crippen LogP contribution is 2.18. The minimum atomic E-state index is -0.207. The molecule has 6 nitrogen and oxygen atoms in total. The Bertz CT molecular complexity index is 741. The van der Waals surface area contributed by atoms with Crippen LogP contribution in [0.1, 0.15) is 29.9 Å². The average molecular weight is 375 g/mol. The number of amides is 2. The first-order valence-electron chi connectivity index (χ1n) is 8.47. The SMILES string of the molecule is CN(C)CC(C)(C)CNC(=O)Cc1csc(NC(=O)c2ccccc2)n1. The van der Waals surface area contributed by atoms with Crippen LogP contribution in [0.2, 0.25) is 0 Å². The van der Waals surface area contributed by atoms with E-state index in [2.05, 4.69) is 34.4 Å². The third-order valence-electron chi connectivity index (χ3n) is 3.66. The van der Waals surface area contributed by atoms with Crippen molar-refractivity contribution in [2.75, 3.05) is 32.5 Å². The fourth-order valence-corrected chi connectivity index (χ4v) is 3.39. The fraction of sp³-hybridized carbons (Fsp3) is 0.421. The fourth-order valence-electron chi connectivity index (χ4n) is 2.68. The van der Waals surface area contributed by atoms with Gasteiger partial charge >= 0.3 is 0 Å². The number of thiazole rings is 1. The van der Waals surface area contributed by atoms with Gasteiger partial charge in [0, 0.05) is 24.0 Å². The molecule has 0 fully saturated rings. The standard InChI is InChI=1S/C19H26N4O2S/c1-19(2,13-23(3)4)12-20-16(24)10-15-11-26-18(21-15)22-17(25)14-8-6-5-7-9-14/h5-9,11H,10,12-13H2,1-4H3,(H,20,24)(H,21,22,25). The van der Waals surface area contributed by atoms with Crippen LogP contribution in [0.25, 0.3) is 0 Å². The molecule has 2 aromatic rings. The summed E-state index contributed by atoms with van der Waals surface area (Å²) < 4.78 is 0. The molecule has 0 saturated carbocycles. The van der Waals surface area contributed by atoms with E-state index in [0.717, 1.165) is 6.54 Å². The van der Waals surface area contributed by atoms with Crippen LogP contribution in [0.3, 0.4) is 0 Å². The minimum Gasteiger partial charge on any atom is -0.355 e. The molecule has 0 aliphatic heterocycles. The van der Waals surface area contributed by atoms with Gasteiger partial charge in [0.15, 0.2) is 5.13 Å². The second-order valence-corrected chi connectivity index (χ2v) is 8.18. The molecule has 0 radical (unpaired) electrons. The second kappa shape index (κ2) is 8.91. The maximum absolute atomic E-state index is 12.2. The molecule has 1 aromatic carbocycles. The second-order valence-electron chi connectivity index (χ2n) is 7.32. The van der Waals surface area contributed by atoms with Crippen molar-refractivity contribution in [3.05, 3.63) is 47.0 Å². The molecule has 0 saturated heterocycles. The van der Waals surface area contributed by atoms with Crippen LogP contribution in [0, 0.1) is 5.41 Å². The van der Waals surface area contributed by atoms with Gasteiger partial charge in [-0.3, -0.25) is 14.9 Å². The molecular formula is C19H26N4O2S. The van der Waals surface area contributed by atoms with Crippen molar-refractivity contribution in [3.63, 3.8) is 0 Å². The van der Waals surface area contributed by atoms with Gasteiger partial charge < -0.3 is 10.2 Å². The van der Waals surface area contributed by atoms with Gasteiger partial charge in [-0.25, -0.2) is 4.98 Å². The lowest BCUT2D eigenvalue weighted by Crippen LogP contribution is -2.40. The predicted molar refractivity (Wildman–Crippen MR) is 106 cm³/mol. The van der Waals surface area contributed by atoms with Gasteiger partial charge in [-0.15, -0.1) is 11.3 Å². The molecule has 0 atom stereocenters. The lowest BCUT2D eigenvalue weighted by molar-refractivity contribution is -0.121. The van der Waals surface area contributed by atoms with Crippen LogP contribution in [0.4, 0.5) is 5.13 Å². The summed E-state index contributed by atoms with van der Waals surface area (Å²) in [4.78, 5) is 30.7. The van der Waals surface area contributed by atoms with Crippen molar-refractivity contribution < 1.29 is 9.59 Å². The van der Waals surface area contributed by atoms with Crippen molar-refractivity contribution in [1.82, 2.24) is 15.2 Å². The number of aromatic nitrogens is 1. The van der Waals surface area contributed by atoms with E-state index in [1.807, 2.05) is 32.3 Å². The van der Waals surface area contributed by atoms with Crippen LogP contribution >= 0.6 is 11.3 Å². The van der Waals surface area contributed by atoms with E-state index >= 15 is 0 Å². The maximum Gasteiger partial charge on any atom is 0.257 e. The molecule has 140 valence electrons. The summed E-state index contributed by atoms with van der Waals surface area (Å²) in [6.07, 6.45) is 0.204. The normalized spacial score (nSPS) is 11.4. The first-order valence-corrected chi connectivity index (χ1v) is 9.35. The Morgan fingerprint density at radius 2 is 1.88 bits per heavy atom. The molecule has 1 heterocycles. The number of carbonyl (C=O) groups excluding carboxylic acids is 2. The van der Waals surface area contributed by atoms with Crippen molar-refractivity contribution >= 4 is 28.3 Å². The van der Waals surface area contributed by atoms with E-state index in [9.17, 15) is 9.59 Å². The summed E-state index contributed by atoms with van der Waals surface area (Å²) in [5.74, 6) is -0.274. The molecule has 2 amide bonds. The lowest BCUT2D eigenvalue weighted by Gasteiger charge is -2.28. The van der Waals surface area contributed by atoms with Gasteiger partial charge in [0.25, 0.3) is 5.91 Å². The van der Waals surface area contributed by atoms with E-state index in [1.165, 1.54) is 11.3 Å². The number of benzene rings is 1. The summed E-state index contributed by atoms with van der Waals surface area (Å²) in [6.45, 7) is 5.73. The highest BCUT2D eigenvalue weighted by atomic mass is 32.1. The monoisotopic (exact) mass is 374 g/mol. The highest BCUT2D eigenvalue weighted by Gasteiger charge is 2.20. The molecule has 0 aliphatic rings. The lowest BCUT2D eigenvalue weighted by atomic mass is 9.93. The van der Waals surface area contributed by atoms with E-state index in [-0.39, 0.29) is 23.7 Å². The van der Waals surface area contributed by atoms with Crippen LogP contribution in [0.15, 0.2) is 35.7 Å². The zero-order chi connectivity index (χ0) is 19.2.